The van der Waals surface area contributed by atoms with Gasteiger partial charge in [0.1, 0.15) is 5.56 Å². The van der Waals surface area contributed by atoms with E-state index in [0.717, 1.165) is 16.5 Å². The van der Waals surface area contributed by atoms with E-state index in [1.54, 1.807) is 18.2 Å². The van der Waals surface area contributed by atoms with Crippen LogP contribution in [0, 0.1) is 0 Å². The van der Waals surface area contributed by atoms with Crippen LogP contribution in [-0.4, -0.2) is 26.0 Å². The lowest BCUT2D eigenvalue weighted by molar-refractivity contribution is 0.0697. The van der Waals surface area contributed by atoms with Crippen molar-refractivity contribution in [1.29, 1.82) is 0 Å². The molecule has 0 spiro atoms. The van der Waals surface area contributed by atoms with E-state index < -0.39 is 11.7 Å². The van der Waals surface area contributed by atoms with Gasteiger partial charge in [0, 0.05) is 17.6 Å². The lowest BCUT2D eigenvalue weighted by Crippen LogP contribution is -2.08. The number of fused-ring (bicyclic) bond motifs is 2. The molecular weight excluding hydrogens is 398 g/mol. The van der Waals surface area contributed by atoms with Crippen LogP contribution in [0.2, 0.25) is 0 Å². The minimum absolute atomic E-state index is 0.0927. The molecule has 4 N–H and O–H groups in total. The molecule has 5 aromatic rings. The highest BCUT2D eigenvalue weighted by Gasteiger charge is 2.15. The van der Waals surface area contributed by atoms with Crippen LogP contribution in [-0.2, 0) is 0 Å². The average molecular weight is 413 g/mol. The van der Waals surface area contributed by atoms with Crippen LogP contribution in [0.3, 0.4) is 0 Å². The summed E-state index contributed by atoms with van der Waals surface area (Å²) in [6.07, 6.45) is 1.24. The third-order valence-electron chi connectivity index (χ3n) is 4.71. The number of carbonyl (C=O) groups is 1. The second-order valence-electron chi connectivity index (χ2n) is 6.80. The summed E-state index contributed by atoms with van der Waals surface area (Å²) in [6.45, 7) is 0. The summed E-state index contributed by atoms with van der Waals surface area (Å²) >= 11 is 0. The topological polar surface area (TPSA) is 133 Å². The number of benzene rings is 3. The SMILES string of the molecule is O=C(O)c1cnc(Nc2ccc3ccccc3c2)nc1Nc1ccc2oc(=O)[nH]c2c1. The number of aromatic carboxylic acids is 1. The van der Waals surface area contributed by atoms with Gasteiger partial charge in [-0.25, -0.2) is 14.6 Å². The van der Waals surface area contributed by atoms with Crippen LogP contribution < -0.4 is 16.4 Å². The Morgan fingerprint density at radius 3 is 2.58 bits per heavy atom. The Labute approximate surface area is 174 Å². The summed E-state index contributed by atoms with van der Waals surface area (Å²) in [5.41, 5.74) is 2.09. The standard InChI is InChI=1S/C22H15N5O4/c28-20(29)16-11-23-21(25-14-6-5-12-3-1-2-4-13(12)9-14)27-19(16)24-15-7-8-18-17(10-15)26-22(30)31-18/h1-11H,(H,26,30)(H,28,29)(H2,23,24,25,27). The van der Waals surface area contributed by atoms with Crippen LogP contribution in [0.15, 0.2) is 76.1 Å². The van der Waals surface area contributed by atoms with E-state index in [2.05, 4.69) is 25.6 Å². The van der Waals surface area contributed by atoms with Crippen molar-refractivity contribution in [2.45, 2.75) is 0 Å². The van der Waals surface area contributed by atoms with Crippen LogP contribution in [0.5, 0.6) is 0 Å². The maximum absolute atomic E-state index is 11.6. The smallest absolute Gasteiger partial charge is 0.417 e. The number of carboxylic acids is 1. The third-order valence-corrected chi connectivity index (χ3v) is 4.71. The van der Waals surface area contributed by atoms with Crippen LogP contribution in [0.4, 0.5) is 23.1 Å². The molecule has 0 saturated heterocycles. The molecule has 5 rings (SSSR count). The Kier molecular flexibility index (Phi) is 4.33. The molecule has 31 heavy (non-hydrogen) atoms. The summed E-state index contributed by atoms with van der Waals surface area (Å²) in [5.74, 6) is -1.39. The zero-order valence-electron chi connectivity index (χ0n) is 15.9. The van der Waals surface area contributed by atoms with Gasteiger partial charge in [0.25, 0.3) is 0 Å². The Bertz CT molecular complexity index is 1510. The Balaban J connectivity index is 1.48. The number of rotatable bonds is 5. The second kappa shape index (κ2) is 7.30. The molecule has 0 aliphatic carbocycles. The molecule has 2 aromatic heterocycles. The van der Waals surface area contributed by atoms with E-state index in [0.29, 0.717) is 16.8 Å². The molecule has 0 atom stereocenters. The Hall–Kier alpha value is -4.66. The number of oxazole rings is 1. The first-order valence-corrected chi connectivity index (χ1v) is 9.31. The predicted molar refractivity (Wildman–Crippen MR) is 116 cm³/mol. The van der Waals surface area contributed by atoms with Gasteiger partial charge in [0.05, 0.1) is 5.52 Å². The van der Waals surface area contributed by atoms with Gasteiger partial charge in [-0.3, -0.25) is 4.98 Å². The van der Waals surface area contributed by atoms with Crippen molar-refractivity contribution in [2.24, 2.45) is 0 Å². The summed E-state index contributed by atoms with van der Waals surface area (Å²) in [4.78, 5) is 34.0. The molecule has 9 heteroatoms. The van der Waals surface area contributed by atoms with Crippen molar-refractivity contribution in [3.05, 3.63) is 83.0 Å². The number of carboxylic acid groups (broad SMARTS) is 1. The quantitative estimate of drug-likeness (QED) is 0.336. The van der Waals surface area contributed by atoms with Crippen molar-refractivity contribution in [3.8, 4) is 0 Å². The molecule has 0 aliphatic rings. The normalized spacial score (nSPS) is 11.0. The molecule has 0 fully saturated rings. The predicted octanol–water partition coefficient (Wildman–Crippen LogP) is 4.25. The number of aromatic nitrogens is 3. The van der Waals surface area contributed by atoms with Gasteiger partial charge in [-0.2, -0.15) is 4.98 Å². The number of H-pyrrole nitrogens is 1. The molecule has 0 amide bonds. The molecule has 152 valence electrons. The summed E-state index contributed by atoms with van der Waals surface area (Å²) in [6, 6.07) is 18.7. The lowest BCUT2D eigenvalue weighted by atomic mass is 10.1. The summed E-state index contributed by atoms with van der Waals surface area (Å²) < 4.78 is 4.98. The van der Waals surface area contributed by atoms with E-state index in [4.69, 9.17) is 4.42 Å². The zero-order chi connectivity index (χ0) is 21.4. The molecule has 2 heterocycles. The van der Waals surface area contributed by atoms with E-state index in [1.807, 2.05) is 42.5 Å². The molecule has 9 nitrogen and oxygen atoms in total. The monoisotopic (exact) mass is 413 g/mol. The fraction of sp³-hybridized carbons (Fsp3) is 0. The molecule has 0 bridgehead atoms. The number of nitrogens with one attached hydrogen (secondary N) is 3. The number of anilines is 4. The first-order chi connectivity index (χ1) is 15.0. The molecule has 0 aliphatic heterocycles. The molecule has 0 radical (unpaired) electrons. The highest BCUT2D eigenvalue weighted by atomic mass is 16.4. The average Bonchev–Trinajstić information content (AvgIpc) is 3.13. The minimum atomic E-state index is -1.17. The van der Waals surface area contributed by atoms with Gasteiger partial charge in [0.15, 0.2) is 11.4 Å². The Morgan fingerprint density at radius 1 is 0.968 bits per heavy atom. The van der Waals surface area contributed by atoms with Gasteiger partial charge < -0.3 is 20.2 Å². The van der Waals surface area contributed by atoms with Crippen molar-refractivity contribution >= 4 is 51.0 Å². The summed E-state index contributed by atoms with van der Waals surface area (Å²) in [5, 5.41) is 17.7. The fourth-order valence-electron chi connectivity index (χ4n) is 3.26. The van der Waals surface area contributed by atoms with Crippen LogP contribution in [0.1, 0.15) is 10.4 Å². The van der Waals surface area contributed by atoms with Gasteiger partial charge in [-0.05, 0) is 41.1 Å². The van der Waals surface area contributed by atoms with E-state index in [-0.39, 0.29) is 17.3 Å². The maximum Gasteiger partial charge on any atom is 0.417 e. The van der Waals surface area contributed by atoms with Gasteiger partial charge in [-0.1, -0.05) is 30.3 Å². The first-order valence-electron chi connectivity index (χ1n) is 9.31. The van der Waals surface area contributed by atoms with E-state index >= 15 is 0 Å². The van der Waals surface area contributed by atoms with Crippen LogP contribution in [0.25, 0.3) is 21.9 Å². The number of hydrogen-bond donors (Lipinski definition) is 4. The number of nitrogens with zero attached hydrogens (tertiary/aromatic N) is 2. The minimum Gasteiger partial charge on any atom is -0.477 e. The third kappa shape index (κ3) is 3.67. The van der Waals surface area contributed by atoms with Crippen molar-refractivity contribution < 1.29 is 14.3 Å². The zero-order valence-corrected chi connectivity index (χ0v) is 15.9. The van der Waals surface area contributed by atoms with E-state index in [1.165, 1.54) is 6.20 Å². The van der Waals surface area contributed by atoms with Crippen molar-refractivity contribution in [3.63, 3.8) is 0 Å². The van der Waals surface area contributed by atoms with Crippen molar-refractivity contribution in [2.75, 3.05) is 10.6 Å². The molecule has 0 unspecified atom stereocenters. The maximum atomic E-state index is 11.6. The van der Waals surface area contributed by atoms with Gasteiger partial charge >= 0.3 is 11.7 Å². The highest BCUT2D eigenvalue weighted by molar-refractivity contribution is 5.94. The molecule has 3 aromatic carbocycles. The largest absolute Gasteiger partial charge is 0.477 e. The second-order valence-corrected chi connectivity index (χ2v) is 6.80. The summed E-state index contributed by atoms with van der Waals surface area (Å²) in [7, 11) is 0. The molecule has 0 saturated carbocycles. The first kappa shape index (κ1) is 18.4. The van der Waals surface area contributed by atoms with Crippen LogP contribution >= 0.6 is 0 Å². The number of aromatic amines is 1. The molecular formula is C22H15N5O4. The highest BCUT2D eigenvalue weighted by Crippen LogP contribution is 2.25. The fourth-order valence-corrected chi connectivity index (χ4v) is 3.26. The number of hydrogen-bond acceptors (Lipinski definition) is 7. The van der Waals surface area contributed by atoms with Gasteiger partial charge in [0.2, 0.25) is 5.95 Å². The lowest BCUT2D eigenvalue weighted by Gasteiger charge is -2.11. The van der Waals surface area contributed by atoms with E-state index in [9.17, 15) is 14.7 Å². The Morgan fingerprint density at radius 2 is 1.74 bits per heavy atom. The van der Waals surface area contributed by atoms with Crippen molar-refractivity contribution in [1.82, 2.24) is 15.0 Å². The van der Waals surface area contributed by atoms with Gasteiger partial charge in [-0.15, -0.1) is 0 Å².